The van der Waals surface area contributed by atoms with Gasteiger partial charge in [-0.1, -0.05) is 66.7 Å². The Labute approximate surface area is 257 Å². The summed E-state index contributed by atoms with van der Waals surface area (Å²) in [7, 11) is 3.02. The number of alkyl halides is 3. The first kappa shape index (κ1) is 30.8. The second kappa shape index (κ2) is 12.9. The minimum atomic E-state index is -4.46. The third kappa shape index (κ3) is 7.13. The number of hydrogen-bond donors (Lipinski definition) is 2. The summed E-state index contributed by atoms with van der Waals surface area (Å²) >= 11 is 0. The number of nitrogens with zero attached hydrogens (tertiary/aromatic N) is 1. The number of anilines is 1. The largest absolute Gasteiger partial charge is 0.465 e. The molecule has 0 atom stereocenters. The van der Waals surface area contributed by atoms with Crippen molar-refractivity contribution in [3.05, 3.63) is 137 Å². The van der Waals surface area contributed by atoms with Crippen LogP contribution in [0.2, 0.25) is 0 Å². The maximum Gasteiger partial charge on any atom is 0.416 e. The second-order valence-electron chi connectivity index (χ2n) is 10.2. The first-order valence-electron chi connectivity index (χ1n) is 13.8. The lowest BCUT2D eigenvalue weighted by Crippen LogP contribution is -2.24. The number of halogens is 3. The van der Waals surface area contributed by atoms with Crippen LogP contribution in [0.25, 0.3) is 22.3 Å². The molecule has 0 spiro atoms. The number of aryl methyl sites for hydroxylation is 1. The fraction of sp³-hybridized carbons (Fsp3) is 0.114. The normalized spacial score (nSPS) is 11.1. The maximum absolute atomic E-state index is 13.2. The summed E-state index contributed by atoms with van der Waals surface area (Å²) < 4.78 is 45.3. The summed E-state index contributed by atoms with van der Waals surface area (Å²) in [6, 6.07) is 27.5. The Morgan fingerprint density at radius 3 is 2.00 bits per heavy atom. The third-order valence-electron chi connectivity index (χ3n) is 7.24. The number of rotatable bonds is 8. The molecule has 0 unspecified atom stereocenters. The van der Waals surface area contributed by atoms with Gasteiger partial charge in [0, 0.05) is 25.4 Å². The van der Waals surface area contributed by atoms with Gasteiger partial charge in [0.05, 0.1) is 23.9 Å². The highest BCUT2D eigenvalue weighted by Crippen LogP contribution is 2.32. The first-order valence-corrected chi connectivity index (χ1v) is 13.8. The second-order valence-corrected chi connectivity index (χ2v) is 10.2. The Hall–Kier alpha value is -5.64. The lowest BCUT2D eigenvalue weighted by Gasteiger charge is -2.11. The van der Waals surface area contributed by atoms with Crippen molar-refractivity contribution >= 4 is 23.5 Å². The highest BCUT2D eigenvalue weighted by atomic mass is 19.4. The van der Waals surface area contributed by atoms with Crippen LogP contribution in [0.1, 0.15) is 42.3 Å². The Balaban J connectivity index is 1.22. The number of benzene rings is 4. The van der Waals surface area contributed by atoms with E-state index in [1.54, 1.807) is 60.3 Å². The smallest absolute Gasteiger partial charge is 0.416 e. The molecule has 5 aromatic rings. The SMILES string of the molecule is COC(=O)c1ccc(-c2ccc(CNC(=O)c3cc(NC(=O)c4ccccc4-c4ccc(C(F)(F)F)cc4)cn3C)cc2)cc1. The molecule has 0 fully saturated rings. The number of aromatic nitrogens is 1. The molecule has 0 aliphatic rings. The molecule has 5 rings (SSSR count). The quantitative estimate of drug-likeness (QED) is 0.180. The molecule has 7 nitrogen and oxygen atoms in total. The predicted octanol–water partition coefficient (Wildman–Crippen LogP) is 7.35. The van der Waals surface area contributed by atoms with Crippen molar-refractivity contribution in [1.29, 1.82) is 0 Å². The van der Waals surface area contributed by atoms with Gasteiger partial charge in [0.15, 0.2) is 0 Å². The Morgan fingerprint density at radius 2 is 1.38 bits per heavy atom. The molecule has 45 heavy (non-hydrogen) atoms. The van der Waals surface area contributed by atoms with E-state index in [0.29, 0.717) is 28.1 Å². The lowest BCUT2D eigenvalue weighted by atomic mass is 9.98. The van der Waals surface area contributed by atoms with Gasteiger partial charge in [-0.2, -0.15) is 13.2 Å². The van der Waals surface area contributed by atoms with Crippen molar-refractivity contribution in [3.8, 4) is 22.3 Å². The van der Waals surface area contributed by atoms with Gasteiger partial charge in [0.25, 0.3) is 11.8 Å². The average Bonchev–Trinajstić information content (AvgIpc) is 3.42. The minimum absolute atomic E-state index is 0.272. The molecular weight excluding hydrogens is 583 g/mol. The zero-order valence-electron chi connectivity index (χ0n) is 24.3. The molecule has 4 aromatic carbocycles. The number of carbonyl (C=O) groups is 3. The van der Waals surface area contributed by atoms with E-state index < -0.39 is 23.6 Å². The minimum Gasteiger partial charge on any atom is -0.465 e. The van der Waals surface area contributed by atoms with Crippen LogP contribution >= 0.6 is 0 Å². The molecule has 0 aliphatic carbocycles. The standard InChI is InChI=1S/C35H28F3N3O4/c1-41-21-28(40-32(42)30-6-4-3-5-29(30)25-15-17-27(18-16-25)35(36,37)38)19-31(41)33(43)39-20-22-7-9-23(10-8-22)24-11-13-26(14-12-24)34(44)45-2/h3-19,21H,20H2,1-2H3,(H,39,43)(H,40,42). The molecule has 0 aliphatic heterocycles. The topological polar surface area (TPSA) is 89.4 Å². The van der Waals surface area contributed by atoms with E-state index >= 15 is 0 Å². The number of methoxy groups -OCH3 is 1. The van der Waals surface area contributed by atoms with Gasteiger partial charge >= 0.3 is 12.1 Å². The highest BCUT2D eigenvalue weighted by Gasteiger charge is 2.30. The molecule has 10 heteroatoms. The van der Waals surface area contributed by atoms with Crippen molar-refractivity contribution in [2.45, 2.75) is 12.7 Å². The Bertz CT molecular complexity index is 1840. The first-order chi connectivity index (χ1) is 21.5. The molecule has 0 saturated carbocycles. The molecule has 1 heterocycles. The van der Waals surface area contributed by atoms with E-state index in [1.165, 1.54) is 19.2 Å². The summed E-state index contributed by atoms with van der Waals surface area (Å²) in [5.41, 5.74) is 4.36. The van der Waals surface area contributed by atoms with Crippen LogP contribution in [-0.2, 0) is 24.5 Å². The van der Waals surface area contributed by atoms with Gasteiger partial charge < -0.3 is 19.9 Å². The number of nitrogens with one attached hydrogen (secondary N) is 2. The monoisotopic (exact) mass is 611 g/mol. The van der Waals surface area contributed by atoms with Crippen LogP contribution in [0, 0.1) is 0 Å². The fourth-order valence-electron chi connectivity index (χ4n) is 4.83. The molecule has 0 saturated heterocycles. The van der Waals surface area contributed by atoms with E-state index in [0.717, 1.165) is 28.8 Å². The lowest BCUT2D eigenvalue weighted by molar-refractivity contribution is -0.137. The van der Waals surface area contributed by atoms with E-state index in [4.69, 9.17) is 4.74 Å². The maximum atomic E-state index is 13.2. The molecule has 0 bridgehead atoms. The van der Waals surface area contributed by atoms with Crippen LogP contribution < -0.4 is 10.6 Å². The van der Waals surface area contributed by atoms with E-state index in [2.05, 4.69) is 10.6 Å². The fourth-order valence-corrected chi connectivity index (χ4v) is 4.83. The summed E-state index contributed by atoms with van der Waals surface area (Å²) in [4.78, 5) is 37.8. The summed E-state index contributed by atoms with van der Waals surface area (Å²) in [6.45, 7) is 0.272. The van der Waals surface area contributed by atoms with Crippen molar-refractivity contribution in [1.82, 2.24) is 9.88 Å². The predicted molar refractivity (Wildman–Crippen MR) is 165 cm³/mol. The van der Waals surface area contributed by atoms with Gasteiger partial charge in [-0.3, -0.25) is 9.59 Å². The number of esters is 1. The van der Waals surface area contributed by atoms with Crippen LogP contribution in [-0.4, -0.2) is 29.5 Å². The van der Waals surface area contributed by atoms with Crippen LogP contribution in [0.3, 0.4) is 0 Å². The van der Waals surface area contributed by atoms with Gasteiger partial charge in [0.1, 0.15) is 5.69 Å². The van der Waals surface area contributed by atoms with Gasteiger partial charge in [-0.05, 0) is 64.2 Å². The van der Waals surface area contributed by atoms with Crippen molar-refractivity contribution in [3.63, 3.8) is 0 Å². The average molecular weight is 612 g/mol. The van der Waals surface area contributed by atoms with Crippen molar-refractivity contribution < 1.29 is 32.3 Å². The van der Waals surface area contributed by atoms with Gasteiger partial charge in [-0.25, -0.2) is 4.79 Å². The molecule has 228 valence electrons. The number of hydrogen-bond acceptors (Lipinski definition) is 4. The van der Waals surface area contributed by atoms with Crippen LogP contribution in [0.5, 0.6) is 0 Å². The van der Waals surface area contributed by atoms with Crippen molar-refractivity contribution in [2.75, 3.05) is 12.4 Å². The molecular formula is C35H28F3N3O4. The number of ether oxygens (including phenoxy) is 1. The molecule has 2 amide bonds. The summed E-state index contributed by atoms with van der Waals surface area (Å²) in [5.74, 6) is -1.21. The number of carbonyl (C=O) groups excluding carboxylic acids is 3. The molecule has 2 N–H and O–H groups in total. The molecule has 1 aromatic heterocycles. The Morgan fingerprint density at radius 1 is 0.778 bits per heavy atom. The number of amides is 2. The molecule has 0 radical (unpaired) electrons. The van der Waals surface area contributed by atoms with Crippen LogP contribution in [0.4, 0.5) is 18.9 Å². The Kier molecular flexibility index (Phi) is 8.85. The van der Waals surface area contributed by atoms with E-state index in [1.807, 2.05) is 36.4 Å². The van der Waals surface area contributed by atoms with Crippen molar-refractivity contribution in [2.24, 2.45) is 7.05 Å². The van der Waals surface area contributed by atoms with Gasteiger partial charge in [-0.15, -0.1) is 0 Å². The summed E-state index contributed by atoms with van der Waals surface area (Å²) in [5, 5.41) is 5.66. The zero-order chi connectivity index (χ0) is 32.1. The zero-order valence-corrected chi connectivity index (χ0v) is 24.3. The highest BCUT2D eigenvalue weighted by molar-refractivity contribution is 6.09. The van der Waals surface area contributed by atoms with Crippen LogP contribution in [0.15, 0.2) is 109 Å². The van der Waals surface area contributed by atoms with E-state index in [9.17, 15) is 27.6 Å². The summed E-state index contributed by atoms with van der Waals surface area (Å²) in [6.07, 6.45) is -2.85. The van der Waals surface area contributed by atoms with E-state index in [-0.39, 0.29) is 18.0 Å². The third-order valence-corrected chi connectivity index (χ3v) is 7.24. The van der Waals surface area contributed by atoms with Gasteiger partial charge in [0.2, 0.25) is 0 Å².